The van der Waals surface area contributed by atoms with E-state index in [9.17, 15) is 4.39 Å². The van der Waals surface area contributed by atoms with Crippen LogP contribution in [-0.2, 0) is 0 Å². The Morgan fingerprint density at radius 2 is 1.86 bits per heavy atom. The average Bonchev–Trinajstić information content (AvgIpc) is 3.67. The number of nitrogens with zero attached hydrogens (tertiary/aromatic N) is 3. The molecule has 1 fully saturated rings. The zero-order valence-electron chi connectivity index (χ0n) is 24.1. The smallest absolute Gasteiger partial charge is 0.159 e. The van der Waals surface area contributed by atoms with Crippen LogP contribution in [0.3, 0.4) is 0 Å². The van der Waals surface area contributed by atoms with Crippen molar-refractivity contribution in [3.8, 4) is 16.9 Å². The molecule has 0 aliphatic carbocycles. The molecule has 6 aromatic rings. The summed E-state index contributed by atoms with van der Waals surface area (Å²) in [5, 5.41) is 8.87. The van der Waals surface area contributed by atoms with Gasteiger partial charge in [0.05, 0.1) is 18.1 Å². The third kappa shape index (κ3) is 4.95. The van der Waals surface area contributed by atoms with Crippen molar-refractivity contribution in [2.45, 2.75) is 31.7 Å². The average molecular weight is 578 g/mol. The standard InChI is InChI=1S/C35H33F2N5O/c1-3-21-19-38-17-16-26(21)22-8-10-23(11-9-22)27-14-12-24-20-42(41-33(24)32(27)37)34(28-18-25(36)13-15-31(28)43-2)35-39-29-6-4-5-7-30(29)40-35/h4-15,18,20-21,26,34,38H,3,16-17,19H2,1-2H3,(H,39,40). The molecule has 1 aliphatic heterocycles. The fourth-order valence-corrected chi connectivity index (χ4v) is 6.56. The molecule has 0 saturated carbocycles. The first-order valence-corrected chi connectivity index (χ1v) is 14.8. The molecule has 2 N–H and O–H groups in total. The molecule has 3 heterocycles. The van der Waals surface area contributed by atoms with Gasteiger partial charge in [-0.25, -0.2) is 13.8 Å². The maximum absolute atomic E-state index is 16.2. The summed E-state index contributed by atoms with van der Waals surface area (Å²) in [4.78, 5) is 8.15. The van der Waals surface area contributed by atoms with Gasteiger partial charge in [0.2, 0.25) is 0 Å². The second-order valence-electron chi connectivity index (χ2n) is 11.3. The SMILES string of the molecule is CCC1CNCCC1c1ccc(-c2ccc3cn(C(c4nc5ccccc5[nH]4)c4cc(F)ccc4OC)nc3c2F)cc1. The molecule has 4 aromatic carbocycles. The predicted octanol–water partition coefficient (Wildman–Crippen LogP) is 7.61. The molecule has 1 aliphatic rings. The number of aromatic nitrogens is 4. The van der Waals surface area contributed by atoms with Gasteiger partial charge in [-0.3, -0.25) is 4.68 Å². The summed E-state index contributed by atoms with van der Waals surface area (Å²) in [6, 6.07) is 23.3. The third-order valence-electron chi connectivity index (χ3n) is 8.83. The Morgan fingerprint density at radius 3 is 2.65 bits per heavy atom. The Kier molecular flexibility index (Phi) is 7.15. The highest BCUT2D eigenvalue weighted by molar-refractivity contribution is 5.85. The molecule has 2 aromatic heterocycles. The van der Waals surface area contributed by atoms with Crippen molar-refractivity contribution in [2.24, 2.45) is 5.92 Å². The fraction of sp³-hybridized carbons (Fsp3) is 0.257. The van der Waals surface area contributed by atoms with E-state index in [1.54, 1.807) is 23.0 Å². The molecular weight excluding hydrogens is 544 g/mol. The van der Waals surface area contributed by atoms with Gasteiger partial charge < -0.3 is 15.0 Å². The minimum atomic E-state index is -0.691. The summed E-state index contributed by atoms with van der Waals surface area (Å²) in [6.45, 7) is 4.30. The number of aromatic amines is 1. The topological polar surface area (TPSA) is 67.8 Å². The van der Waals surface area contributed by atoms with Crippen LogP contribution in [0.15, 0.2) is 85.1 Å². The van der Waals surface area contributed by atoms with E-state index in [-0.39, 0.29) is 5.52 Å². The van der Waals surface area contributed by atoms with E-state index in [0.717, 1.165) is 42.5 Å². The van der Waals surface area contributed by atoms with E-state index in [2.05, 4.69) is 29.4 Å². The van der Waals surface area contributed by atoms with Gasteiger partial charge in [-0.2, -0.15) is 5.10 Å². The van der Waals surface area contributed by atoms with Crippen LogP contribution in [0.25, 0.3) is 33.1 Å². The Morgan fingerprint density at radius 1 is 1.02 bits per heavy atom. The largest absolute Gasteiger partial charge is 0.496 e. The molecule has 3 unspecified atom stereocenters. The Bertz CT molecular complexity index is 1880. The monoisotopic (exact) mass is 577 g/mol. The number of nitrogens with one attached hydrogen (secondary N) is 2. The highest BCUT2D eigenvalue weighted by Crippen LogP contribution is 2.37. The van der Waals surface area contributed by atoms with Crippen molar-refractivity contribution >= 4 is 21.9 Å². The highest BCUT2D eigenvalue weighted by atomic mass is 19.1. The second kappa shape index (κ2) is 11.3. The van der Waals surface area contributed by atoms with E-state index >= 15 is 4.39 Å². The van der Waals surface area contributed by atoms with Crippen molar-refractivity contribution in [3.63, 3.8) is 0 Å². The van der Waals surface area contributed by atoms with Gasteiger partial charge in [0.25, 0.3) is 0 Å². The number of ether oxygens (including phenoxy) is 1. The van der Waals surface area contributed by atoms with Gasteiger partial charge in [-0.1, -0.05) is 61.9 Å². The fourth-order valence-electron chi connectivity index (χ4n) is 6.56. The van der Waals surface area contributed by atoms with Crippen molar-refractivity contribution in [1.82, 2.24) is 25.1 Å². The zero-order chi connectivity index (χ0) is 29.5. The van der Waals surface area contributed by atoms with Gasteiger partial charge >= 0.3 is 0 Å². The lowest BCUT2D eigenvalue weighted by molar-refractivity contribution is 0.318. The van der Waals surface area contributed by atoms with E-state index in [1.165, 1.54) is 24.8 Å². The number of hydrogen-bond donors (Lipinski definition) is 2. The normalized spacial score (nSPS) is 17.9. The molecule has 0 radical (unpaired) electrons. The lowest BCUT2D eigenvalue weighted by Gasteiger charge is -2.32. The predicted molar refractivity (Wildman–Crippen MR) is 165 cm³/mol. The van der Waals surface area contributed by atoms with Crippen molar-refractivity contribution in [1.29, 1.82) is 0 Å². The van der Waals surface area contributed by atoms with Crippen molar-refractivity contribution in [2.75, 3.05) is 20.2 Å². The van der Waals surface area contributed by atoms with Crippen molar-refractivity contribution < 1.29 is 13.5 Å². The first-order chi connectivity index (χ1) is 21.0. The number of H-pyrrole nitrogens is 1. The minimum absolute atomic E-state index is 0.238. The molecule has 0 bridgehead atoms. The van der Waals surface area contributed by atoms with Crippen LogP contribution in [0.5, 0.6) is 5.75 Å². The van der Waals surface area contributed by atoms with Gasteiger partial charge in [-0.15, -0.1) is 0 Å². The third-order valence-corrected chi connectivity index (χ3v) is 8.83. The molecule has 218 valence electrons. The maximum atomic E-state index is 16.2. The van der Waals surface area contributed by atoms with Crippen LogP contribution in [0.1, 0.15) is 48.7 Å². The van der Waals surface area contributed by atoms with Crippen LogP contribution >= 0.6 is 0 Å². The molecule has 1 saturated heterocycles. The van der Waals surface area contributed by atoms with Crippen LogP contribution in [-0.4, -0.2) is 39.9 Å². The number of halogens is 2. The molecule has 8 heteroatoms. The van der Waals surface area contributed by atoms with Crippen molar-refractivity contribution in [3.05, 3.63) is 114 Å². The van der Waals surface area contributed by atoms with Crippen LogP contribution in [0.2, 0.25) is 0 Å². The Labute approximate surface area is 248 Å². The number of para-hydroxylation sites is 2. The lowest BCUT2D eigenvalue weighted by atomic mass is 9.79. The molecule has 6 nitrogen and oxygen atoms in total. The number of fused-ring (bicyclic) bond motifs is 2. The van der Waals surface area contributed by atoms with Crippen LogP contribution in [0, 0.1) is 17.6 Å². The maximum Gasteiger partial charge on any atom is 0.159 e. The second-order valence-corrected chi connectivity index (χ2v) is 11.3. The van der Waals surface area contributed by atoms with Gasteiger partial charge in [0, 0.05) is 22.7 Å². The number of piperidine rings is 1. The first-order valence-electron chi connectivity index (χ1n) is 14.8. The van der Waals surface area contributed by atoms with E-state index < -0.39 is 17.7 Å². The summed E-state index contributed by atoms with van der Waals surface area (Å²) in [7, 11) is 1.54. The van der Waals surface area contributed by atoms with E-state index in [1.807, 2.05) is 42.5 Å². The van der Waals surface area contributed by atoms with Crippen LogP contribution in [0.4, 0.5) is 8.78 Å². The zero-order valence-corrected chi connectivity index (χ0v) is 24.1. The number of rotatable bonds is 7. The van der Waals surface area contributed by atoms with Crippen LogP contribution < -0.4 is 10.1 Å². The van der Waals surface area contributed by atoms with Gasteiger partial charge in [-0.05, 0) is 72.8 Å². The van der Waals surface area contributed by atoms with Gasteiger partial charge in [0.15, 0.2) is 5.82 Å². The molecular formula is C35H33F2N5O. The lowest BCUT2D eigenvalue weighted by Crippen LogP contribution is -2.35. The summed E-state index contributed by atoms with van der Waals surface area (Å²) >= 11 is 0. The van der Waals surface area contributed by atoms with Gasteiger partial charge in [0.1, 0.15) is 28.9 Å². The number of imidazole rings is 1. The Hall–Kier alpha value is -4.56. The quantitative estimate of drug-likeness (QED) is 0.205. The molecule has 7 rings (SSSR count). The molecule has 0 amide bonds. The number of methoxy groups -OCH3 is 1. The first kappa shape index (κ1) is 27.3. The summed E-state index contributed by atoms with van der Waals surface area (Å²) in [5.41, 5.74) is 4.96. The molecule has 43 heavy (non-hydrogen) atoms. The summed E-state index contributed by atoms with van der Waals surface area (Å²) in [6.07, 6.45) is 4.01. The summed E-state index contributed by atoms with van der Waals surface area (Å²) < 4.78 is 38.0. The minimum Gasteiger partial charge on any atom is -0.496 e. The Balaban J connectivity index is 1.30. The molecule has 3 atom stereocenters. The number of hydrogen-bond acceptors (Lipinski definition) is 4. The highest BCUT2D eigenvalue weighted by Gasteiger charge is 2.27. The summed E-state index contributed by atoms with van der Waals surface area (Å²) in [5.74, 6) is 1.32. The van der Waals surface area contributed by atoms with E-state index in [4.69, 9.17) is 14.8 Å². The molecule has 0 spiro atoms. The van der Waals surface area contributed by atoms with E-state index in [0.29, 0.717) is 39.9 Å². The number of benzene rings is 4.